The molecule has 146 valence electrons. The number of carboxylic acids is 1. The van der Waals surface area contributed by atoms with Gasteiger partial charge >= 0.3 is 11.7 Å². The molecule has 0 aliphatic heterocycles. The lowest BCUT2D eigenvalue weighted by atomic mass is 9.98. The molecular formula is C21H23N3O4. The lowest BCUT2D eigenvalue weighted by Gasteiger charge is -2.14. The molecule has 0 bridgehead atoms. The van der Waals surface area contributed by atoms with Crippen molar-refractivity contribution in [3.05, 3.63) is 70.1 Å². The van der Waals surface area contributed by atoms with Gasteiger partial charge < -0.3 is 10.4 Å². The first kappa shape index (κ1) is 19.4. The summed E-state index contributed by atoms with van der Waals surface area (Å²) < 4.78 is 2.88. The number of fused-ring (bicyclic) bond motifs is 1. The Balaban J connectivity index is 1.68. The molecule has 0 aliphatic carbocycles. The van der Waals surface area contributed by atoms with Crippen molar-refractivity contribution in [1.82, 2.24) is 14.5 Å². The lowest BCUT2D eigenvalue weighted by molar-refractivity contribution is -0.141. The topological polar surface area (TPSA) is 93.3 Å². The Bertz CT molecular complexity index is 1080. The number of benzene rings is 2. The van der Waals surface area contributed by atoms with Gasteiger partial charge in [0, 0.05) is 13.6 Å². The number of hydrogen-bond donors (Lipinski definition) is 2. The van der Waals surface area contributed by atoms with Crippen LogP contribution in [0.3, 0.4) is 0 Å². The molecule has 2 N–H and O–H groups in total. The van der Waals surface area contributed by atoms with E-state index in [-0.39, 0.29) is 18.8 Å². The van der Waals surface area contributed by atoms with Crippen LogP contribution in [0.1, 0.15) is 11.1 Å². The van der Waals surface area contributed by atoms with Crippen LogP contribution in [-0.2, 0) is 29.6 Å². The second-order valence-corrected chi connectivity index (χ2v) is 6.95. The Labute approximate surface area is 162 Å². The fourth-order valence-corrected chi connectivity index (χ4v) is 3.32. The molecular weight excluding hydrogens is 358 g/mol. The number of carbonyl (C=O) groups is 2. The Morgan fingerprint density at radius 2 is 1.82 bits per heavy atom. The van der Waals surface area contributed by atoms with Crippen molar-refractivity contribution in [3.63, 3.8) is 0 Å². The molecule has 0 saturated heterocycles. The van der Waals surface area contributed by atoms with Crippen molar-refractivity contribution in [3.8, 4) is 0 Å². The standard InChI is InChI=1S/C21H23N3O4/c1-14-6-5-7-15(10-14)11-16(20(26)27)12-22-19(25)13-24-18-9-4-3-8-17(18)23(2)21(24)28/h3-10,16H,11-13H2,1-2H3,(H,22,25)(H,26,27). The van der Waals surface area contributed by atoms with Crippen LogP contribution in [0.5, 0.6) is 0 Å². The van der Waals surface area contributed by atoms with Gasteiger partial charge in [-0.05, 0) is 31.0 Å². The number of carbonyl (C=O) groups excluding carboxylic acids is 1. The summed E-state index contributed by atoms with van der Waals surface area (Å²) in [6.45, 7) is 1.79. The van der Waals surface area contributed by atoms with Crippen LogP contribution in [0.15, 0.2) is 53.3 Å². The monoisotopic (exact) mass is 381 g/mol. The molecule has 1 unspecified atom stereocenters. The summed E-state index contributed by atoms with van der Waals surface area (Å²) in [6, 6.07) is 14.9. The zero-order chi connectivity index (χ0) is 20.3. The number of nitrogens with zero attached hydrogens (tertiary/aromatic N) is 2. The van der Waals surface area contributed by atoms with Gasteiger partial charge in [0.25, 0.3) is 0 Å². The zero-order valence-corrected chi connectivity index (χ0v) is 15.9. The van der Waals surface area contributed by atoms with Crippen LogP contribution < -0.4 is 11.0 Å². The van der Waals surface area contributed by atoms with E-state index in [4.69, 9.17) is 0 Å². The number of amides is 1. The number of imidazole rings is 1. The number of nitrogens with one attached hydrogen (secondary N) is 1. The number of aryl methyl sites for hydroxylation is 2. The first-order valence-electron chi connectivity index (χ1n) is 9.06. The second-order valence-electron chi connectivity index (χ2n) is 6.95. The molecule has 1 aromatic heterocycles. The summed E-state index contributed by atoms with van der Waals surface area (Å²) in [4.78, 5) is 36.4. The molecule has 3 rings (SSSR count). The Hall–Kier alpha value is -3.35. The minimum Gasteiger partial charge on any atom is -0.481 e. The maximum absolute atomic E-state index is 12.4. The average molecular weight is 381 g/mol. The lowest BCUT2D eigenvalue weighted by Crippen LogP contribution is -2.37. The van der Waals surface area contributed by atoms with Crippen LogP contribution in [-0.4, -0.2) is 32.7 Å². The molecule has 1 heterocycles. The maximum Gasteiger partial charge on any atom is 0.329 e. The third-order valence-electron chi connectivity index (χ3n) is 4.81. The summed E-state index contributed by atoms with van der Waals surface area (Å²) in [7, 11) is 1.65. The summed E-state index contributed by atoms with van der Waals surface area (Å²) in [5.41, 5.74) is 3.08. The third kappa shape index (κ3) is 4.14. The number of para-hydroxylation sites is 2. The number of rotatable bonds is 7. The van der Waals surface area contributed by atoms with Gasteiger partial charge in [-0.25, -0.2) is 4.79 Å². The predicted octanol–water partition coefficient (Wildman–Crippen LogP) is 1.71. The van der Waals surface area contributed by atoms with Crippen molar-refractivity contribution in [2.45, 2.75) is 19.9 Å². The van der Waals surface area contributed by atoms with Crippen LogP contribution in [0.25, 0.3) is 11.0 Å². The summed E-state index contributed by atoms with van der Waals surface area (Å²) in [6.07, 6.45) is 0.325. The van der Waals surface area contributed by atoms with E-state index >= 15 is 0 Å². The molecule has 0 saturated carbocycles. The number of carboxylic acid groups (broad SMARTS) is 1. The quantitative estimate of drug-likeness (QED) is 0.652. The van der Waals surface area contributed by atoms with Gasteiger partial charge in [-0.15, -0.1) is 0 Å². The molecule has 0 radical (unpaired) electrons. The predicted molar refractivity (Wildman–Crippen MR) is 106 cm³/mol. The van der Waals surface area contributed by atoms with Crippen LogP contribution in [0.4, 0.5) is 0 Å². The molecule has 0 fully saturated rings. The summed E-state index contributed by atoms with van der Waals surface area (Å²) in [5, 5.41) is 12.1. The Kier molecular flexibility index (Phi) is 5.63. The molecule has 2 aromatic carbocycles. The van der Waals surface area contributed by atoms with Gasteiger partial charge in [0.1, 0.15) is 6.54 Å². The highest BCUT2D eigenvalue weighted by Crippen LogP contribution is 2.12. The van der Waals surface area contributed by atoms with E-state index < -0.39 is 17.8 Å². The van der Waals surface area contributed by atoms with E-state index in [0.717, 1.165) is 16.6 Å². The highest BCUT2D eigenvalue weighted by molar-refractivity contribution is 5.81. The van der Waals surface area contributed by atoms with Gasteiger partial charge in [-0.3, -0.25) is 18.7 Å². The van der Waals surface area contributed by atoms with Crippen molar-refractivity contribution in [2.24, 2.45) is 13.0 Å². The van der Waals surface area contributed by atoms with Crippen LogP contribution in [0, 0.1) is 12.8 Å². The minimum atomic E-state index is -0.968. The first-order valence-corrected chi connectivity index (χ1v) is 9.06. The molecule has 1 atom stereocenters. The van der Waals surface area contributed by atoms with Crippen LogP contribution in [0.2, 0.25) is 0 Å². The van der Waals surface area contributed by atoms with Gasteiger partial charge in [0.2, 0.25) is 5.91 Å². The Morgan fingerprint density at radius 3 is 2.50 bits per heavy atom. The van der Waals surface area contributed by atoms with Crippen molar-refractivity contribution >= 4 is 22.9 Å². The molecule has 0 spiro atoms. The van der Waals surface area contributed by atoms with E-state index in [9.17, 15) is 19.5 Å². The molecule has 7 heteroatoms. The minimum absolute atomic E-state index is 0.00161. The largest absolute Gasteiger partial charge is 0.481 e. The van der Waals surface area contributed by atoms with Gasteiger partial charge in [0.05, 0.1) is 17.0 Å². The SMILES string of the molecule is Cc1cccc(CC(CNC(=O)Cn2c(=O)n(C)c3ccccc32)C(=O)O)c1. The first-order chi connectivity index (χ1) is 13.4. The molecule has 0 aliphatic rings. The smallest absolute Gasteiger partial charge is 0.329 e. The summed E-state index contributed by atoms with van der Waals surface area (Å²) >= 11 is 0. The second kappa shape index (κ2) is 8.12. The van der Waals surface area contributed by atoms with Crippen molar-refractivity contribution in [1.29, 1.82) is 0 Å². The number of aromatic nitrogens is 2. The van der Waals surface area contributed by atoms with E-state index in [0.29, 0.717) is 11.9 Å². The summed E-state index contributed by atoms with van der Waals surface area (Å²) in [5.74, 6) is -2.10. The van der Waals surface area contributed by atoms with Crippen molar-refractivity contribution in [2.75, 3.05) is 6.54 Å². The van der Waals surface area contributed by atoms with E-state index in [2.05, 4.69) is 5.32 Å². The van der Waals surface area contributed by atoms with Gasteiger partial charge in [-0.1, -0.05) is 42.0 Å². The van der Waals surface area contributed by atoms with Gasteiger partial charge in [0.15, 0.2) is 0 Å². The van der Waals surface area contributed by atoms with E-state index in [1.54, 1.807) is 19.2 Å². The van der Waals surface area contributed by atoms with Gasteiger partial charge in [-0.2, -0.15) is 0 Å². The van der Waals surface area contributed by atoms with E-state index in [1.165, 1.54) is 9.13 Å². The fourth-order valence-electron chi connectivity index (χ4n) is 3.32. The van der Waals surface area contributed by atoms with E-state index in [1.807, 2.05) is 43.3 Å². The Morgan fingerprint density at radius 1 is 1.11 bits per heavy atom. The van der Waals surface area contributed by atoms with Crippen LogP contribution >= 0.6 is 0 Å². The zero-order valence-electron chi connectivity index (χ0n) is 15.9. The highest BCUT2D eigenvalue weighted by atomic mass is 16.4. The molecule has 28 heavy (non-hydrogen) atoms. The number of aliphatic carboxylic acids is 1. The fraction of sp³-hybridized carbons (Fsp3) is 0.286. The average Bonchev–Trinajstić information content (AvgIpc) is 2.90. The maximum atomic E-state index is 12.4. The normalized spacial score (nSPS) is 12.1. The molecule has 7 nitrogen and oxygen atoms in total. The number of hydrogen-bond acceptors (Lipinski definition) is 3. The molecule has 1 amide bonds. The van der Waals surface area contributed by atoms with Crippen molar-refractivity contribution < 1.29 is 14.7 Å². The molecule has 3 aromatic rings. The third-order valence-corrected chi connectivity index (χ3v) is 4.81. The highest BCUT2D eigenvalue weighted by Gasteiger charge is 2.20.